The summed E-state index contributed by atoms with van der Waals surface area (Å²) in [6.45, 7) is 1.93. The van der Waals surface area contributed by atoms with Gasteiger partial charge < -0.3 is 10.1 Å². The maximum Gasteiger partial charge on any atom is 0.278 e. The van der Waals surface area contributed by atoms with E-state index in [1.165, 1.54) is 24.6 Å². The van der Waals surface area contributed by atoms with Gasteiger partial charge in [0.25, 0.3) is 5.92 Å². The number of amides is 1. The number of hydrogen-bond acceptors (Lipinski definition) is 3. The van der Waals surface area contributed by atoms with Gasteiger partial charge in [0.05, 0.1) is 24.4 Å². The number of halogens is 2. The van der Waals surface area contributed by atoms with Gasteiger partial charge in [-0.05, 0) is 48.9 Å². The van der Waals surface area contributed by atoms with Gasteiger partial charge in [-0.15, -0.1) is 0 Å². The normalized spacial score (nSPS) is 15.3. The minimum absolute atomic E-state index is 0.0885. The lowest BCUT2D eigenvalue weighted by Gasteiger charge is -2.15. The zero-order valence-corrected chi connectivity index (χ0v) is 15.5. The van der Waals surface area contributed by atoms with Crippen LogP contribution in [0.2, 0.25) is 0 Å². The fraction of sp³-hybridized carbons (Fsp3) is 0.429. The Morgan fingerprint density at radius 2 is 1.96 bits per heavy atom. The molecule has 1 N–H and O–H groups in total. The molecule has 0 aliphatic heterocycles. The fourth-order valence-corrected chi connectivity index (χ4v) is 2.82. The predicted molar refractivity (Wildman–Crippen MR) is 99.0 cm³/mol. The molecule has 1 heterocycles. The highest BCUT2D eigenvalue weighted by Crippen LogP contribution is 2.39. The quantitative estimate of drug-likeness (QED) is 0.744. The second-order valence-corrected chi connectivity index (χ2v) is 7.26. The van der Waals surface area contributed by atoms with E-state index in [9.17, 15) is 13.6 Å². The molecule has 0 spiro atoms. The average molecular weight is 374 g/mol. The van der Waals surface area contributed by atoms with Crippen LogP contribution in [0.3, 0.4) is 0 Å². The first kappa shape index (κ1) is 19.3. The zero-order valence-electron chi connectivity index (χ0n) is 15.5. The fourth-order valence-electron chi connectivity index (χ4n) is 2.82. The molecular weight excluding hydrogens is 350 g/mol. The van der Waals surface area contributed by atoms with Crippen LogP contribution >= 0.6 is 0 Å². The summed E-state index contributed by atoms with van der Waals surface area (Å²) in [5, 5.41) is 2.91. The molecule has 1 aromatic carbocycles. The molecule has 1 aliphatic rings. The average Bonchev–Trinajstić information content (AvgIpc) is 3.45. The van der Waals surface area contributed by atoms with Crippen LogP contribution in [0.4, 0.5) is 8.78 Å². The first-order valence-corrected chi connectivity index (χ1v) is 9.15. The Bertz CT molecular complexity index is 766. The van der Waals surface area contributed by atoms with E-state index >= 15 is 0 Å². The van der Waals surface area contributed by atoms with Crippen molar-refractivity contribution in [2.75, 3.05) is 6.61 Å². The highest BCUT2D eigenvalue weighted by atomic mass is 19.3. The highest BCUT2D eigenvalue weighted by molar-refractivity contribution is 5.78. The zero-order chi connectivity index (χ0) is 19.4. The summed E-state index contributed by atoms with van der Waals surface area (Å²) in [7, 11) is 0. The molecule has 144 valence electrons. The Labute approximate surface area is 158 Å². The van der Waals surface area contributed by atoms with Gasteiger partial charge in [0.2, 0.25) is 5.91 Å². The molecule has 1 aliphatic carbocycles. The largest absolute Gasteiger partial charge is 0.486 e. The Hall–Kier alpha value is -2.50. The number of rotatable bonds is 8. The molecule has 1 fully saturated rings. The smallest absolute Gasteiger partial charge is 0.278 e. The van der Waals surface area contributed by atoms with Gasteiger partial charge in [0.1, 0.15) is 5.75 Å². The van der Waals surface area contributed by atoms with E-state index in [2.05, 4.69) is 22.4 Å². The molecule has 6 heteroatoms. The van der Waals surface area contributed by atoms with Crippen molar-refractivity contribution >= 4 is 5.91 Å². The van der Waals surface area contributed by atoms with Gasteiger partial charge in [-0.3, -0.25) is 9.78 Å². The molecular formula is C21H24F2N2O2. The number of nitrogens with zero attached hydrogens (tertiary/aromatic N) is 1. The van der Waals surface area contributed by atoms with E-state index in [-0.39, 0.29) is 17.7 Å². The number of ether oxygens (including phenoxy) is 1. The molecule has 27 heavy (non-hydrogen) atoms. The summed E-state index contributed by atoms with van der Waals surface area (Å²) in [5.41, 5.74) is 2.96. The van der Waals surface area contributed by atoms with Crippen molar-refractivity contribution in [2.45, 2.75) is 51.0 Å². The van der Waals surface area contributed by atoms with E-state index in [1.54, 1.807) is 12.1 Å². The minimum atomic E-state index is -2.89. The molecule has 2 aromatic rings. The number of carbonyl (C=O) groups excluding carboxylic acids is 1. The third-order valence-corrected chi connectivity index (χ3v) is 4.47. The van der Waals surface area contributed by atoms with E-state index in [1.807, 2.05) is 19.1 Å². The van der Waals surface area contributed by atoms with Crippen LogP contribution in [0.25, 0.3) is 0 Å². The van der Waals surface area contributed by atoms with Crippen LogP contribution in [-0.4, -0.2) is 23.4 Å². The van der Waals surface area contributed by atoms with Crippen molar-refractivity contribution in [1.82, 2.24) is 10.3 Å². The van der Waals surface area contributed by atoms with Crippen molar-refractivity contribution in [3.05, 3.63) is 59.4 Å². The molecule has 1 aromatic heterocycles. The van der Waals surface area contributed by atoms with E-state index in [0.717, 1.165) is 12.5 Å². The maximum absolute atomic E-state index is 12.8. The first-order valence-electron chi connectivity index (χ1n) is 9.15. The van der Waals surface area contributed by atoms with Crippen molar-refractivity contribution in [3.8, 4) is 5.75 Å². The topological polar surface area (TPSA) is 51.2 Å². The summed E-state index contributed by atoms with van der Waals surface area (Å²) in [6, 6.07) is 11.2. The second kappa shape index (κ2) is 8.03. The van der Waals surface area contributed by atoms with Crippen molar-refractivity contribution in [3.63, 3.8) is 0 Å². The number of hydrogen-bond donors (Lipinski definition) is 1. The van der Waals surface area contributed by atoms with Crippen LogP contribution in [0.5, 0.6) is 5.75 Å². The molecule has 4 nitrogen and oxygen atoms in total. The second-order valence-electron chi connectivity index (χ2n) is 7.26. The number of benzene rings is 1. The maximum atomic E-state index is 12.8. The Morgan fingerprint density at radius 3 is 2.52 bits per heavy atom. The van der Waals surface area contributed by atoms with Crippen molar-refractivity contribution in [2.24, 2.45) is 0 Å². The van der Waals surface area contributed by atoms with Crippen LogP contribution in [0, 0.1) is 0 Å². The molecule has 0 bridgehead atoms. The van der Waals surface area contributed by atoms with Gasteiger partial charge in [-0.25, -0.2) is 8.78 Å². The number of pyridine rings is 1. The Balaban J connectivity index is 1.49. The third-order valence-electron chi connectivity index (χ3n) is 4.47. The Morgan fingerprint density at radius 1 is 1.26 bits per heavy atom. The van der Waals surface area contributed by atoms with Crippen molar-refractivity contribution < 1.29 is 18.3 Å². The van der Waals surface area contributed by atoms with Crippen LogP contribution < -0.4 is 10.1 Å². The molecule has 1 atom stereocenters. The SMILES string of the molecule is C[C@@H](NC(=O)Cc1ccc(C2CC2)cc1)c1ccc(OCC(C)(F)F)cn1. The minimum Gasteiger partial charge on any atom is -0.486 e. The van der Waals surface area contributed by atoms with Crippen LogP contribution in [0.1, 0.15) is 55.5 Å². The van der Waals surface area contributed by atoms with Gasteiger partial charge in [-0.1, -0.05) is 24.3 Å². The molecule has 0 unspecified atom stereocenters. The van der Waals surface area contributed by atoms with E-state index < -0.39 is 12.5 Å². The number of nitrogens with one attached hydrogen (secondary N) is 1. The first-order chi connectivity index (χ1) is 12.8. The monoisotopic (exact) mass is 374 g/mol. The summed E-state index contributed by atoms with van der Waals surface area (Å²) in [6.07, 6.45) is 4.21. The summed E-state index contributed by atoms with van der Waals surface area (Å²) in [4.78, 5) is 16.5. The highest BCUT2D eigenvalue weighted by Gasteiger charge is 2.23. The molecule has 0 radical (unpaired) electrons. The van der Waals surface area contributed by atoms with Gasteiger partial charge in [0, 0.05) is 6.92 Å². The van der Waals surface area contributed by atoms with Crippen LogP contribution in [0.15, 0.2) is 42.6 Å². The van der Waals surface area contributed by atoms with Gasteiger partial charge in [0.15, 0.2) is 6.61 Å². The molecule has 3 rings (SSSR count). The predicted octanol–water partition coefficient (Wildman–Crippen LogP) is 4.41. The lowest BCUT2D eigenvalue weighted by atomic mass is 10.1. The number of alkyl halides is 2. The van der Waals surface area contributed by atoms with Crippen molar-refractivity contribution in [1.29, 1.82) is 0 Å². The molecule has 0 saturated heterocycles. The Kier molecular flexibility index (Phi) is 5.73. The lowest BCUT2D eigenvalue weighted by Crippen LogP contribution is -2.28. The van der Waals surface area contributed by atoms with E-state index in [0.29, 0.717) is 18.0 Å². The number of aromatic nitrogens is 1. The number of carbonyl (C=O) groups is 1. The summed E-state index contributed by atoms with van der Waals surface area (Å²) in [5.74, 6) is -2.00. The standard InChI is InChI=1S/C21H24F2N2O2/c1-14(19-10-9-18(12-24-19)27-13-21(2,22)23)25-20(26)11-15-3-5-16(6-4-15)17-7-8-17/h3-6,9-10,12,14,17H,7-8,11,13H2,1-2H3,(H,25,26)/t14-/m1/s1. The summed E-state index contributed by atoms with van der Waals surface area (Å²) < 4.78 is 30.6. The molecule has 1 amide bonds. The van der Waals surface area contributed by atoms with Gasteiger partial charge >= 0.3 is 0 Å². The van der Waals surface area contributed by atoms with Crippen LogP contribution in [-0.2, 0) is 11.2 Å². The lowest BCUT2D eigenvalue weighted by molar-refractivity contribution is -0.121. The summed E-state index contributed by atoms with van der Waals surface area (Å²) >= 11 is 0. The third kappa shape index (κ3) is 6.01. The van der Waals surface area contributed by atoms with Gasteiger partial charge in [-0.2, -0.15) is 0 Å². The van der Waals surface area contributed by atoms with E-state index in [4.69, 9.17) is 4.74 Å². The molecule has 1 saturated carbocycles.